The van der Waals surface area contributed by atoms with E-state index in [1.165, 1.54) is 0 Å². The number of nitrogens with zero attached hydrogens (tertiary/aromatic N) is 1. The standard InChI is InChI=1S/C15H29NO5/c1-6-7-12(8-11(2)17)15(20)21-13(9-14(18)19)10-16(3,4)5/h11-13,17H,6-10H2,1-5H3. The van der Waals surface area contributed by atoms with Crippen LogP contribution in [0.2, 0.25) is 0 Å². The van der Waals surface area contributed by atoms with Crippen molar-refractivity contribution in [3.63, 3.8) is 0 Å². The summed E-state index contributed by atoms with van der Waals surface area (Å²) in [7, 11) is 5.69. The van der Waals surface area contributed by atoms with Crippen LogP contribution in [0.25, 0.3) is 0 Å². The molecule has 0 radical (unpaired) electrons. The van der Waals surface area contributed by atoms with Crippen LogP contribution in [-0.2, 0) is 14.3 Å². The van der Waals surface area contributed by atoms with Gasteiger partial charge in [-0.3, -0.25) is 4.79 Å². The van der Waals surface area contributed by atoms with Gasteiger partial charge in [0.05, 0.1) is 33.2 Å². The molecule has 0 aliphatic heterocycles. The van der Waals surface area contributed by atoms with Crippen LogP contribution in [0, 0.1) is 5.92 Å². The van der Waals surface area contributed by atoms with Crippen LogP contribution in [-0.4, -0.2) is 61.4 Å². The Hall–Kier alpha value is -1.14. The van der Waals surface area contributed by atoms with Gasteiger partial charge in [-0.2, -0.15) is 0 Å². The largest absolute Gasteiger partial charge is 0.550 e. The first-order valence-corrected chi connectivity index (χ1v) is 7.44. The summed E-state index contributed by atoms with van der Waals surface area (Å²) in [5.41, 5.74) is 0. The molecule has 0 spiro atoms. The van der Waals surface area contributed by atoms with Gasteiger partial charge in [-0.15, -0.1) is 0 Å². The topological polar surface area (TPSA) is 86.7 Å². The van der Waals surface area contributed by atoms with Crippen LogP contribution in [0.15, 0.2) is 0 Å². The van der Waals surface area contributed by atoms with E-state index in [4.69, 9.17) is 4.74 Å². The quantitative estimate of drug-likeness (QED) is 0.451. The van der Waals surface area contributed by atoms with Gasteiger partial charge >= 0.3 is 5.97 Å². The average molecular weight is 303 g/mol. The van der Waals surface area contributed by atoms with Crippen molar-refractivity contribution in [3.8, 4) is 0 Å². The van der Waals surface area contributed by atoms with Crippen LogP contribution >= 0.6 is 0 Å². The second kappa shape index (κ2) is 9.00. The number of aliphatic carboxylic acids is 1. The van der Waals surface area contributed by atoms with Crippen molar-refractivity contribution in [2.24, 2.45) is 5.92 Å². The second-order valence-electron chi connectivity index (χ2n) is 6.68. The lowest BCUT2D eigenvalue weighted by Gasteiger charge is -2.30. The molecule has 0 aliphatic carbocycles. The Morgan fingerprint density at radius 2 is 1.86 bits per heavy atom. The van der Waals surface area contributed by atoms with Gasteiger partial charge in [0.25, 0.3) is 0 Å². The molecule has 124 valence electrons. The number of ether oxygens (including phenoxy) is 1. The number of aliphatic hydroxyl groups is 1. The molecule has 0 rings (SSSR count). The van der Waals surface area contributed by atoms with Crippen molar-refractivity contribution < 1.29 is 29.0 Å². The molecule has 3 unspecified atom stereocenters. The predicted octanol–water partition coefficient (Wildman–Crippen LogP) is -0.0684. The normalized spacial score (nSPS) is 16.1. The van der Waals surface area contributed by atoms with Crippen molar-refractivity contribution in [1.29, 1.82) is 0 Å². The van der Waals surface area contributed by atoms with Crippen LogP contribution in [0.1, 0.15) is 39.5 Å². The highest BCUT2D eigenvalue weighted by molar-refractivity contribution is 5.73. The minimum absolute atomic E-state index is 0.311. The molecule has 6 nitrogen and oxygen atoms in total. The number of hydrogen-bond donors (Lipinski definition) is 1. The first-order chi connectivity index (χ1) is 9.55. The molecule has 0 aliphatic rings. The van der Waals surface area contributed by atoms with Crippen LogP contribution in [0.4, 0.5) is 0 Å². The molecule has 0 bridgehead atoms. The van der Waals surface area contributed by atoms with E-state index in [9.17, 15) is 19.8 Å². The van der Waals surface area contributed by atoms with Crippen molar-refractivity contribution in [2.45, 2.75) is 51.7 Å². The number of quaternary nitrogens is 1. The van der Waals surface area contributed by atoms with E-state index in [0.717, 1.165) is 6.42 Å². The monoisotopic (exact) mass is 303 g/mol. The lowest BCUT2D eigenvalue weighted by molar-refractivity contribution is -0.873. The molecule has 0 aromatic heterocycles. The Morgan fingerprint density at radius 1 is 1.29 bits per heavy atom. The zero-order valence-electron chi connectivity index (χ0n) is 13.8. The summed E-state index contributed by atoms with van der Waals surface area (Å²) in [5.74, 6) is -2.06. The molecule has 0 heterocycles. The molecule has 0 aromatic rings. The molecule has 0 fully saturated rings. The summed E-state index contributed by atoms with van der Waals surface area (Å²) in [6.07, 6.45) is 0.131. The highest BCUT2D eigenvalue weighted by Gasteiger charge is 2.27. The molecule has 0 aromatic carbocycles. The third kappa shape index (κ3) is 10.3. The number of hydrogen-bond acceptors (Lipinski definition) is 5. The third-order valence-corrected chi connectivity index (χ3v) is 3.02. The van der Waals surface area contributed by atoms with Gasteiger partial charge in [0.1, 0.15) is 6.54 Å². The van der Waals surface area contributed by atoms with Crippen molar-refractivity contribution in [3.05, 3.63) is 0 Å². The number of carbonyl (C=O) groups is 2. The number of esters is 1. The second-order valence-corrected chi connectivity index (χ2v) is 6.68. The summed E-state index contributed by atoms with van der Waals surface area (Å²) >= 11 is 0. The lowest BCUT2D eigenvalue weighted by atomic mass is 9.97. The third-order valence-electron chi connectivity index (χ3n) is 3.02. The Morgan fingerprint density at radius 3 is 2.24 bits per heavy atom. The number of carboxylic acids is 1. The van der Waals surface area contributed by atoms with E-state index in [0.29, 0.717) is 23.9 Å². The van der Waals surface area contributed by atoms with Crippen LogP contribution in [0.3, 0.4) is 0 Å². The maximum atomic E-state index is 12.2. The average Bonchev–Trinajstić information content (AvgIpc) is 2.24. The van der Waals surface area contributed by atoms with Gasteiger partial charge in [-0.05, 0) is 19.8 Å². The van der Waals surface area contributed by atoms with E-state index in [1.807, 2.05) is 28.1 Å². The van der Waals surface area contributed by atoms with Gasteiger partial charge in [-0.25, -0.2) is 0 Å². The summed E-state index contributed by atoms with van der Waals surface area (Å²) in [4.78, 5) is 23.0. The van der Waals surface area contributed by atoms with E-state index in [-0.39, 0.29) is 6.42 Å². The molecular weight excluding hydrogens is 274 g/mol. The maximum absolute atomic E-state index is 12.2. The Labute approximate surface area is 127 Å². The summed E-state index contributed by atoms with van der Waals surface area (Å²) in [5, 5.41) is 20.3. The molecule has 3 atom stereocenters. The summed E-state index contributed by atoms with van der Waals surface area (Å²) < 4.78 is 5.85. The fraction of sp³-hybridized carbons (Fsp3) is 0.867. The van der Waals surface area contributed by atoms with E-state index in [1.54, 1.807) is 6.92 Å². The molecule has 0 amide bonds. The highest BCUT2D eigenvalue weighted by Crippen LogP contribution is 2.18. The Kier molecular flexibility index (Phi) is 8.51. The van der Waals surface area contributed by atoms with Gasteiger partial charge < -0.3 is 24.2 Å². The zero-order valence-corrected chi connectivity index (χ0v) is 13.8. The number of carboxylic acid groups (broad SMARTS) is 1. The molecule has 0 saturated carbocycles. The fourth-order valence-electron chi connectivity index (χ4n) is 2.29. The van der Waals surface area contributed by atoms with Gasteiger partial charge in [0.15, 0.2) is 6.10 Å². The van der Waals surface area contributed by atoms with E-state index < -0.39 is 30.1 Å². The maximum Gasteiger partial charge on any atom is 0.309 e. The van der Waals surface area contributed by atoms with Crippen LogP contribution in [0.5, 0.6) is 0 Å². The van der Waals surface area contributed by atoms with Crippen molar-refractivity contribution in [1.82, 2.24) is 0 Å². The number of aliphatic hydroxyl groups excluding tert-OH is 1. The molecule has 6 heteroatoms. The minimum Gasteiger partial charge on any atom is -0.550 e. The van der Waals surface area contributed by atoms with Gasteiger partial charge in [0, 0.05) is 12.4 Å². The lowest BCUT2D eigenvalue weighted by Crippen LogP contribution is -2.45. The minimum atomic E-state index is -1.23. The SMILES string of the molecule is CCCC(CC(C)O)C(=O)OC(CC(=O)[O-])C[N+](C)(C)C. The van der Waals surface area contributed by atoms with Crippen LogP contribution < -0.4 is 5.11 Å². The molecule has 21 heavy (non-hydrogen) atoms. The molecule has 1 N–H and O–H groups in total. The summed E-state index contributed by atoms with van der Waals surface area (Å²) in [6.45, 7) is 3.97. The number of carbonyl (C=O) groups excluding carboxylic acids is 2. The van der Waals surface area contributed by atoms with E-state index >= 15 is 0 Å². The van der Waals surface area contributed by atoms with Gasteiger partial charge in [-0.1, -0.05) is 13.3 Å². The Bertz CT molecular complexity index is 335. The molecule has 0 saturated heterocycles. The molecular formula is C15H29NO5. The smallest absolute Gasteiger partial charge is 0.309 e. The Balaban J connectivity index is 4.77. The van der Waals surface area contributed by atoms with Crippen molar-refractivity contribution in [2.75, 3.05) is 27.7 Å². The van der Waals surface area contributed by atoms with Crippen molar-refractivity contribution >= 4 is 11.9 Å². The fourth-order valence-corrected chi connectivity index (χ4v) is 2.29. The van der Waals surface area contributed by atoms with E-state index in [2.05, 4.69) is 0 Å². The first-order valence-electron chi connectivity index (χ1n) is 7.44. The number of rotatable bonds is 10. The summed E-state index contributed by atoms with van der Waals surface area (Å²) in [6, 6.07) is 0. The number of likely N-dealkylation sites (N-methyl/N-ethyl adjacent to an activating group) is 1. The van der Waals surface area contributed by atoms with Gasteiger partial charge in [0.2, 0.25) is 0 Å². The highest BCUT2D eigenvalue weighted by atomic mass is 16.5. The first kappa shape index (κ1) is 19.9. The predicted molar refractivity (Wildman–Crippen MR) is 77.1 cm³/mol. The zero-order chi connectivity index (χ0) is 16.6.